The van der Waals surface area contributed by atoms with Gasteiger partial charge in [0.05, 0.1) is 21.8 Å². The van der Waals surface area contributed by atoms with Crippen molar-refractivity contribution in [3.63, 3.8) is 0 Å². The zero-order valence-electron chi connectivity index (χ0n) is 27.9. The van der Waals surface area contributed by atoms with E-state index in [9.17, 15) is 0 Å². The Labute approximate surface area is 303 Å². The minimum absolute atomic E-state index is 0.826. The third kappa shape index (κ3) is 4.31. The van der Waals surface area contributed by atoms with Crippen molar-refractivity contribution in [3.8, 4) is 22.3 Å². The Hall–Kier alpha value is -6.62. The second-order valence-corrected chi connectivity index (χ2v) is 14.2. The Morgan fingerprint density at radius 1 is 0.404 bits per heavy atom. The molecule has 0 bridgehead atoms. The van der Waals surface area contributed by atoms with Gasteiger partial charge in [-0.15, -0.1) is 11.3 Å². The van der Waals surface area contributed by atoms with Crippen molar-refractivity contribution in [2.75, 3.05) is 4.90 Å². The Morgan fingerprint density at radius 3 is 1.88 bits per heavy atom. The maximum absolute atomic E-state index is 7.26. The van der Waals surface area contributed by atoms with Crippen LogP contribution in [-0.2, 0) is 0 Å². The maximum Gasteiger partial charge on any atom is 0.159 e. The summed E-state index contributed by atoms with van der Waals surface area (Å²) < 4.78 is 16.3. The molecule has 0 saturated carbocycles. The molecule has 0 radical (unpaired) electrons. The van der Waals surface area contributed by atoms with E-state index >= 15 is 0 Å². The molecule has 3 nitrogen and oxygen atoms in total. The lowest BCUT2D eigenvalue weighted by Gasteiger charge is -2.28. The van der Waals surface area contributed by atoms with Crippen LogP contribution in [0.2, 0.25) is 0 Å². The van der Waals surface area contributed by atoms with E-state index in [0.29, 0.717) is 0 Å². The second kappa shape index (κ2) is 11.5. The summed E-state index contributed by atoms with van der Waals surface area (Å²) in [5, 5.41) is 6.72. The summed E-state index contributed by atoms with van der Waals surface area (Å²) in [7, 11) is 0. The second-order valence-electron chi connectivity index (χ2n) is 13.2. The molecule has 0 aliphatic heterocycles. The van der Waals surface area contributed by atoms with E-state index in [1.807, 2.05) is 23.5 Å². The van der Waals surface area contributed by atoms with Crippen LogP contribution in [0.3, 0.4) is 0 Å². The average Bonchev–Trinajstić information content (AvgIpc) is 3.90. The first-order chi connectivity index (χ1) is 25.8. The Balaban J connectivity index is 1.27. The molecule has 11 aromatic rings. The van der Waals surface area contributed by atoms with Gasteiger partial charge >= 0.3 is 0 Å². The predicted molar refractivity (Wildman–Crippen MR) is 219 cm³/mol. The number of fused-ring (bicyclic) bond motifs is 9. The van der Waals surface area contributed by atoms with Gasteiger partial charge in [-0.3, -0.25) is 0 Å². The lowest BCUT2D eigenvalue weighted by atomic mass is 9.96. The highest BCUT2D eigenvalue weighted by Gasteiger charge is 2.26. The third-order valence-electron chi connectivity index (χ3n) is 10.3. The molecule has 4 heteroatoms. The van der Waals surface area contributed by atoms with E-state index in [1.165, 1.54) is 20.2 Å². The molecule has 0 fully saturated rings. The van der Waals surface area contributed by atoms with Crippen LogP contribution in [0.15, 0.2) is 185 Å². The van der Waals surface area contributed by atoms with Gasteiger partial charge in [-0.25, -0.2) is 0 Å². The topological polar surface area (TPSA) is 29.5 Å². The molecular weight excluding hydrogens is 655 g/mol. The van der Waals surface area contributed by atoms with Crippen molar-refractivity contribution in [3.05, 3.63) is 176 Å². The van der Waals surface area contributed by atoms with Gasteiger partial charge in [-0.05, 0) is 47.5 Å². The third-order valence-corrected chi connectivity index (χ3v) is 11.5. The first kappa shape index (κ1) is 29.1. The van der Waals surface area contributed by atoms with E-state index in [4.69, 9.17) is 8.83 Å². The van der Waals surface area contributed by atoms with Crippen LogP contribution in [0.1, 0.15) is 0 Å². The van der Waals surface area contributed by atoms with E-state index < -0.39 is 0 Å². The summed E-state index contributed by atoms with van der Waals surface area (Å²) in [5.41, 5.74) is 11.0. The molecule has 0 atom stereocenters. The fourth-order valence-corrected chi connectivity index (χ4v) is 9.21. The molecule has 0 unspecified atom stereocenters. The summed E-state index contributed by atoms with van der Waals surface area (Å²) in [6.45, 7) is 0. The molecular formula is C48H29NO2S. The van der Waals surface area contributed by atoms with Crippen molar-refractivity contribution in [2.24, 2.45) is 0 Å². The highest BCUT2D eigenvalue weighted by atomic mass is 32.1. The number of nitrogens with zero attached hydrogens (tertiary/aromatic N) is 1. The van der Waals surface area contributed by atoms with Gasteiger partial charge in [0.15, 0.2) is 5.58 Å². The van der Waals surface area contributed by atoms with Gasteiger partial charge in [0.25, 0.3) is 0 Å². The normalized spacial score (nSPS) is 11.8. The molecule has 0 aliphatic carbocycles. The number of anilines is 3. The average molecular weight is 684 g/mol. The van der Waals surface area contributed by atoms with Crippen LogP contribution >= 0.6 is 11.3 Å². The number of hydrogen-bond donors (Lipinski definition) is 0. The van der Waals surface area contributed by atoms with Gasteiger partial charge in [0.2, 0.25) is 0 Å². The molecule has 0 aliphatic rings. The lowest BCUT2D eigenvalue weighted by molar-refractivity contribution is 0.665. The summed E-state index contributed by atoms with van der Waals surface area (Å²) >= 11 is 1.84. The van der Waals surface area contributed by atoms with Gasteiger partial charge in [-0.2, -0.15) is 0 Å². The van der Waals surface area contributed by atoms with Crippen molar-refractivity contribution in [2.45, 2.75) is 0 Å². The maximum atomic E-state index is 7.26. The molecule has 0 saturated heterocycles. The van der Waals surface area contributed by atoms with E-state index in [2.05, 4.69) is 169 Å². The van der Waals surface area contributed by atoms with Crippen LogP contribution in [-0.4, -0.2) is 0 Å². The lowest BCUT2D eigenvalue weighted by Crippen LogP contribution is -2.11. The van der Waals surface area contributed by atoms with Crippen LogP contribution in [0.5, 0.6) is 0 Å². The van der Waals surface area contributed by atoms with Crippen LogP contribution in [0, 0.1) is 0 Å². The quantitative estimate of drug-likeness (QED) is 0.181. The minimum atomic E-state index is 0.826. The number of furan rings is 2. The zero-order chi connectivity index (χ0) is 34.2. The number of hydrogen-bond acceptors (Lipinski definition) is 4. The number of benzene rings is 8. The van der Waals surface area contributed by atoms with Crippen molar-refractivity contribution < 1.29 is 8.83 Å². The smallest absolute Gasteiger partial charge is 0.159 e. The number of rotatable bonds is 5. The van der Waals surface area contributed by atoms with Crippen LogP contribution in [0.4, 0.5) is 17.1 Å². The Morgan fingerprint density at radius 2 is 1.04 bits per heavy atom. The first-order valence-electron chi connectivity index (χ1n) is 17.5. The van der Waals surface area contributed by atoms with Gasteiger partial charge in [0, 0.05) is 48.1 Å². The molecule has 52 heavy (non-hydrogen) atoms. The molecule has 0 amide bonds. The van der Waals surface area contributed by atoms with Gasteiger partial charge in [-0.1, -0.05) is 140 Å². The van der Waals surface area contributed by atoms with Gasteiger partial charge < -0.3 is 13.7 Å². The standard InChI is InChI=1S/C48H29NO2S/c1-3-15-30(16-4-1)32-19-7-10-24-38(32)49(40-26-14-23-35-33-20-9-12-28-43(33)52-48(35)40)39-25-13-22-34-37-29-42-45(36-21-8-11-27-41(36)50-42)44(47(37)51-46(34)39)31-17-5-2-6-18-31/h1-29H. The first-order valence-corrected chi connectivity index (χ1v) is 18.3. The van der Waals surface area contributed by atoms with E-state index in [0.717, 1.165) is 83.2 Å². The molecule has 11 rings (SSSR count). The largest absolute Gasteiger partial charge is 0.456 e. The number of para-hydroxylation sites is 3. The molecule has 244 valence electrons. The van der Waals surface area contributed by atoms with E-state index in [-0.39, 0.29) is 0 Å². The Bertz CT molecular complexity index is 3130. The molecule has 3 aromatic heterocycles. The highest BCUT2D eigenvalue weighted by molar-refractivity contribution is 7.26. The molecule has 3 heterocycles. The highest BCUT2D eigenvalue weighted by Crippen LogP contribution is 2.51. The van der Waals surface area contributed by atoms with Crippen molar-refractivity contribution >= 4 is 92.4 Å². The molecule has 0 N–H and O–H groups in total. The summed E-state index contributed by atoms with van der Waals surface area (Å²) in [4.78, 5) is 2.41. The predicted octanol–water partition coefficient (Wildman–Crippen LogP) is 14.7. The van der Waals surface area contributed by atoms with Crippen LogP contribution < -0.4 is 4.90 Å². The SMILES string of the molecule is c1ccc(-c2ccccc2N(c2cccc3c2oc2c(-c4ccccc4)c4c(cc23)oc2ccccc24)c2cccc3c2sc2ccccc23)cc1. The van der Waals surface area contributed by atoms with Crippen molar-refractivity contribution in [1.82, 2.24) is 0 Å². The van der Waals surface area contributed by atoms with Gasteiger partial charge in [0.1, 0.15) is 16.7 Å². The fourth-order valence-electron chi connectivity index (χ4n) is 8.01. The molecule has 8 aromatic carbocycles. The van der Waals surface area contributed by atoms with Crippen LogP contribution in [0.25, 0.3) is 86.3 Å². The van der Waals surface area contributed by atoms with E-state index in [1.54, 1.807) is 0 Å². The summed E-state index contributed by atoms with van der Waals surface area (Å²) in [6.07, 6.45) is 0. The summed E-state index contributed by atoms with van der Waals surface area (Å²) in [6, 6.07) is 62.2. The minimum Gasteiger partial charge on any atom is -0.456 e. The Kier molecular flexibility index (Phi) is 6.42. The number of thiophene rings is 1. The molecule has 0 spiro atoms. The van der Waals surface area contributed by atoms with Crippen molar-refractivity contribution in [1.29, 1.82) is 0 Å². The monoisotopic (exact) mass is 683 g/mol. The zero-order valence-corrected chi connectivity index (χ0v) is 28.7. The fraction of sp³-hybridized carbons (Fsp3) is 0. The summed E-state index contributed by atoms with van der Waals surface area (Å²) in [5.74, 6) is 0.